The molecule has 0 aromatic heterocycles. The average Bonchev–Trinajstić information content (AvgIpc) is 3.18. The molecule has 1 fully saturated rings. The van der Waals surface area contributed by atoms with Gasteiger partial charge in [0.05, 0.1) is 25.4 Å². The molecule has 8 unspecified atom stereocenters. The van der Waals surface area contributed by atoms with Crippen LogP contribution in [-0.4, -0.2) is 87.5 Å². The molecule has 1 saturated heterocycles. The fraction of sp³-hybridized carbons (Fsp3) is 0.935. The molecule has 0 saturated carbocycles. The molecule has 55 heavy (non-hydrogen) atoms. The lowest BCUT2D eigenvalue weighted by atomic mass is 9.99. The summed E-state index contributed by atoms with van der Waals surface area (Å²) in [7, 11) is 0. The summed E-state index contributed by atoms with van der Waals surface area (Å²) in [4.78, 5) is 13.0. The second-order valence-electron chi connectivity index (χ2n) is 16.8. The van der Waals surface area contributed by atoms with Crippen molar-refractivity contribution in [2.24, 2.45) is 5.92 Å². The molecule has 1 heterocycles. The quantitative estimate of drug-likeness (QED) is 0.0268. The van der Waals surface area contributed by atoms with Crippen LogP contribution in [-0.2, 0) is 14.3 Å². The maximum absolute atomic E-state index is 13.0. The number of carbonyl (C=O) groups is 1. The number of rotatable bonds is 38. The summed E-state index contributed by atoms with van der Waals surface area (Å²) in [5, 5.41) is 54.2. The van der Waals surface area contributed by atoms with Gasteiger partial charge in [0.1, 0.15) is 24.4 Å². The average molecular weight is 784 g/mol. The molecule has 0 aromatic carbocycles. The number of ether oxygens (including phenoxy) is 2. The van der Waals surface area contributed by atoms with Crippen molar-refractivity contribution in [3.05, 3.63) is 12.2 Å². The van der Waals surface area contributed by atoms with Crippen molar-refractivity contribution >= 4 is 5.91 Å². The van der Waals surface area contributed by atoms with Crippen molar-refractivity contribution in [1.29, 1.82) is 0 Å². The minimum atomic E-state index is -1.56. The third-order valence-electron chi connectivity index (χ3n) is 11.7. The first-order chi connectivity index (χ1) is 26.7. The maximum Gasteiger partial charge on any atom is 0.220 e. The van der Waals surface area contributed by atoms with Gasteiger partial charge in [0, 0.05) is 6.42 Å². The van der Waals surface area contributed by atoms with Crippen LogP contribution >= 0.6 is 0 Å². The van der Waals surface area contributed by atoms with Crippen LogP contribution in [0.15, 0.2) is 12.2 Å². The smallest absolute Gasteiger partial charge is 0.220 e. The summed E-state index contributed by atoms with van der Waals surface area (Å²) in [6, 6.07) is -0.799. The van der Waals surface area contributed by atoms with E-state index < -0.39 is 49.5 Å². The minimum Gasteiger partial charge on any atom is -0.394 e. The number of aliphatic hydroxyl groups excluding tert-OH is 5. The zero-order valence-electron chi connectivity index (χ0n) is 35.9. The van der Waals surface area contributed by atoms with E-state index >= 15 is 0 Å². The van der Waals surface area contributed by atoms with Crippen LogP contribution in [0.25, 0.3) is 0 Å². The molecule has 1 aliphatic rings. The van der Waals surface area contributed by atoms with Gasteiger partial charge in [-0.15, -0.1) is 0 Å². The number of aliphatic hydroxyl groups is 5. The number of hydrogen-bond acceptors (Lipinski definition) is 8. The molecular weight excluding hydrogens is 695 g/mol. The van der Waals surface area contributed by atoms with Gasteiger partial charge in [-0.25, -0.2) is 0 Å². The molecule has 1 amide bonds. The molecule has 9 nitrogen and oxygen atoms in total. The van der Waals surface area contributed by atoms with Crippen LogP contribution in [0.2, 0.25) is 0 Å². The predicted molar refractivity (Wildman–Crippen MR) is 226 cm³/mol. The van der Waals surface area contributed by atoms with Crippen LogP contribution in [0, 0.1) is 5.92 Å². The molecule has 6 N–H and O–H groups in total. The van der Waals surface area contributed by atoms with Crippen molar-refractivity contribution in [3.8, 4) is 0 Å². The molecular formula is C46H89NO8. The maximum atomic E-state index is 13.0. The molecule has 1 rings (SSSR count). The highest BCUT2D eigenvalue weighted by Crippen LogP contribution is 2.23. The Morgan fingerprint density at radius 3 is 1.64 bits per heavy atom. The highest BCUT2D eigenvalue weighted by molar-refractivity contribution is 5.76. The molecule has 326 valence electrons. The second-order valence-corrected chi connectivity index (χ2v) is 16.8. The predicted octanol–water partition coefficient (Wildman–Crippen LogP) is 9.58. The van der Waals surface area contributed by atoms with E-state index in [-0.39, 0.29) is 12.5 Å². The highest BCUT2D eigenvalue weighted by Gasteiger charge is 2.44. The van der Waals surface area contributed by atoms with E-state index in [9.17, 15) is 30.3 Å². The summed E-state index contributed by atoms with van der Waals surface area (Å²) in [6.45, 7) is 6.12. The van der Waals surface area contributed by atoms with Crippen molar-refractivity contribution in [3.63, 3.8) is 0 Å². The molecule has 1 aliphatic heterocycles. The van der Waals surface area contributed by atoms with Gasteiger partial charge in [-0.2, -0.15) is 0 Å². The molecule has 0 bridgehead atoms. The Kier molecular flexibility index (Phi) is 34.0. The third kappa shape index (κ3) is 27.3. The van der Waals surface area contributed by atoms with E-state index in [0.29, 0.717) is 6.42 Å². The van der Waals surface area contributed by atoms with Gasteiger partial charge in [0.2, 0.25) is 5.91 Å². The van der Waals surface area contributed by atoms with Crippen molar-refractivity contribution in [2.75, 3.05) is 13.2 Å². The van der Waals surface area contributed by atoms with Crippen LogP contribution in [0.1, 0.15) is 213 Å². The summed E-state index contributed by atoms with van der Waals surface area (Å²) < 4.78 is 11.2. The van der Waals surface area contributed by atoms with Gasteiger partial charge in [-0.05, 0) is 25.2 Å². The number of amides is 1. The largest absolute Gasteiger partial charge is 0.394 e. The Morgan fingerprint density at radius 1 is 0.673 bits per heavy atom. The van der Waals surface area contributed by atoms with Gasteiger partial charge in [0.15, 0.2) is 6.29 Å². The molecule has 0 spiro atoms. The summed E-state index contributed by atoms with van der Waals surface area (Å²) in [5.74, 6) is 0.656. The minimum absolute atomic E-state index is 0.175. The monoisotopic (exact) mass is 784 g/mol. The summed E-state index contributed by atoms with van der Waals surface area (Å²) in [5.41, 5.74) is 0. The Morgan fingerprint density at radius 2 is 1.15 bits per heavy atom. The van der Waals surface area contributed by atoms with Gasteiger partial charge in [-0.1, -0.05) is 200 Å². The lowest BCUT2D eigenvalue weighted by Crippen LogP contribution is -2.60. The summed E-state index contributed by atoms with van der Waals surface area (Å²) >= 11 is 0. The Bertz CT molecular complexity index is 888. The van der Waals surface area contributed by atoms with Crippen molar-refractivity contribution in [1.82, 2.24) is 5.32 Å². The standard InChI is InChI=1S/C46H89NO8/c1-4-6-7-8-9-10-11-12-13-14-15-16-17-18-19-23-26-29-32-35-42(50)47-39(37-54-46-45(53)44(52)43(51)41(36-48)55-46)40(49)34-31-28-25-22-20-21-24-27-30-33-38(3)5-2/h31,34,38-41,43-46,48-49,51-53H,4-30,32-33,35-37H2,1-3H3,(H,47,50). The lowest BCUT2D eigenvalue weighted by molar-refractivity contribution is -0.302. The molecule has 8 atom stereocenters. The summed E-state index contributed by atoms with van der Waals surface area (Å²) in [6.07, 6.45) is 32.5. The highest BCUT2D eigenvalue weighted by atomic mass is 16.7. The van der Waals surface area contributed by atoms with E-state index in [1.165, 1.54) is 148 Å². The number of carbonyl (C=O) groups excluding carboxylic acids is 1. The SMILES string of the molecule is CCCCCCCCCCCCCCCCCCCCCC(=O)NC(COC1OC(CO)C(O)C(O)C1O)C(O)C=CCCCCCCCCCC(C)CC. The zero-order chi connectivity index (χ0) is 40.4. The topological polar surface area (TPSA) is 149 Å². The molecule has 0 radical (unpaired) electrons. The zero-order valence-corrected chi connectivity index (χ0v) is 35.9. The molecule has 0 aliphatic carbocycles. The van der Waals surface area contributed by atoms with Crippen LogP contribution in [0.4, 0.5) is 0 Å². The number of allylic oxidation sites excluding steroid dienone is 1. The fourth-order valence-electron chi connectivity index (χ4n) is 7.48. The third-order valence-corrected chi connectivity index (χ3v) is 11.7. The second kappa shape index (κ2) is 36.0. The normalized spacial score (nSPS) is 21.9. The van der Waals surface area contributed by atoms with E-state index in [0.717, 1.165) is 44.4 Å². The number of nitrogens with one attached hydrogen (secondary N) is 1. The van der Waals surface area contributed by atoms with Gasteiger partial charge >= 0.3 is 0 Å². The number of unbranched alkanes of at least 4 members (excludes halogenated alkanes) is 25. The lowest BCUT2D eigenvalue weighted by Gasteiger charge is -2.40. The van der Waals surface area contributed by atoms with Gasteiger partial charge < -0.3 is 40.3 Å². The molecule has 0 aromatic rings. The molecule has 9 heteroatoms. The van der Waals surface area contributed by atoms with E-state index in [2.05, 4.69) is 26.1 Å². The van der Waals surface area contributed by atoms with Gasteiger partial charge in [0.25, 0.3) is 0 Å². The van der Waals surface area contributed by atoms with Crippen LogP contribution in [0.5, 0.6) is 0 Å². The number of hydrogen-bond donors (Lipinski definition) is 6. The Hall–Kier alpha value is -1.07. The Balaban J connectivity index is 2.32. The first-order valence-corrected chi connectivity index (χ1v) is 23.3. The van der Waals surface area contributed by atoms with E-state index in [1.807, 2.05) is 6.08 Å². The first-order valence-electron chi connectivity index (χ1n) is 23.3. The van der Waals surface area contributed by atoms with Crippen LogP contribution < -0.4 is 5.32 Å². The van der Waals surface area contributed by atoms with E-state index in [4.69, 9.17) is 9.47 Å². The van der Waals surface area contributed by atoms with E-state index in [1.54, 1.807) is 6.08 Å². The van der Waals surface area contributed by atoms with Crippen molar-refractivity contribution < 1.29 is 39.8 Å². The van der Waals surface area contributed by atoms with Crippen LogP contribution in [0.3, 0.4) is 0 Å². The Labute approximate surface area is 337 Å². The van der Waals surface area contributed by atoms with Crippen molar-refractivity contribution in [2.45, 2.75) is 256 Å². The fourth-order valence-corrected chi connectivity index (χ4v) is 7.48. The van der Waals surface area contributed by atoms with Gasteiger partial charge in [-0.3, -0.25) is 4.79 Å². The first kappa shape index (κ1) is 51.9.